The summed E-state index contributed by atoms with van der Waals surface area (Å²) in [5.74, 6) is 0. The Hall–Kier alpha value is -0.810. The van der Waals surface area contributed by atoms with E-state index in [1.807, 2.05) is 20.8 Å². The van der Waals surface area contributed by atoms with Crippen LogP contribution in [0, 0.1) is 0 Å². The number of nitrogens with zero attached hydrogens (tertiary/aromatic N) is 1. The predicted molar refractivity (Wildman–Crippen MR) is 74.6 cm³/mol. The van der Waals surface area contributed by atoms with Gasteiger partial charge in [-0.3, -0.25) is 4.90 Å². The van der Waals surface area contributed by atoms with Gasteiger partial charge in [0.1, 0.15) is 5.60 Å². The van der Waals surface area contributed by atoms with Gasteiger partial charge in [0.15, 0.2) is 0 Å². The van der Waals surface area contributed by atoms with E-state index in [0.717, 1.165) is 6.54 Å². The molecular formula is C13H29N3O2. The Labute approximate surface area is 111 Å². The average Bonchev–Trinajstić information content (AvgIpc) is 2.20. The molecule has 3 N–H and O–H groups in total. The van der Waals surface area contributed by atoms with Gasteiger partial charge in [-0.05, 0) is 41.2 Å². The van der Waals surface area contributed by atoms with Crippen LogP contribution < -0.4 is 11.1 Å². The lowest BCUT2D eigenvalue weighted by molar-refractivity contribution is 0.0502. The Morgan fingerprint density at radius 1 is 1.39 bits per heavy atom. The molecule has 0 aliphatic carbocycles. The molecule has 5 nitrogen and oxygen atoms in total. The molecule has 5 heteroatoms. The first-order chi connectivity index (χ1) is 8.21. The van der Waals surface area contributed by atoms with Crippen molar-refractivity contribution < 1.29 is 9.53 Å². The zero-order chi connectivity index (χ0) is 14.3. The molecule has 1 unspecified atom stereocenters. The quantitative estimate of drug-likeness (QED) is 0.760. The summed E-state index contributed by atoms with van der Waals surface area (Å²) in [6.07, 6.45) is -0.388. The maximum absolute atomic E-state index is 11.6. The molecule has 0 fully saturated rings. The van der Waals surface area contributed by atoms with Crippen LogP contribution in [0.3, 0.4) is 0 Å². The van der Waals surface area contributed by atoms with Crippen LogP contribution in [0.2, 0.25) is 0 Å². The SMILES string of the molecule is CCN(C(C)C)C(CN)CNC(=O)OC(C)(C)C. The van der Waals surface area contributed by atoms with Crippen molar-refractivity contribution in [1.29, 1.82) is 0 Å². The highest BCUT2D eigenvalue weighted by molar-refractivity contribution is 5.67. The second kappa shape index (κ2) is 7.59. The van der Waals surface area contributed by atoms with Crippen LogP contribution in [0.25, 0.3) is 0 Å². The number of rotatable bonds is 6. The van der Waals surface area contributed by atoms with Gasteiger partial charge in [-0.1, -0.05) is 6.92 Å². The Balaban J connectivity index is 4.26. The summed E-state index contributed by atoms with van der Waals surface area (Å²) >= 11 is 0. The predicted octanol–water partition coefficient (Wildman–Crippen LogP) is 1.57. The maximum Gasteiger partial charge on any atom is 0.407 e. The molecule has 0 saturated heterocycles. The van der Waals surface area contributed by atoms with Gasteiger partial charge in [0.25, 0.3) is 0 Å². The number of carbonyl (C=O) groups excluding carboxylic acids is 1. The lowest BCUT2D eigenvalue weighted by atomic mass is 10.2. The third-order valence-corrected chi connectivity index (χ3v) is 2.65. The minimum Gasteiger partial charge on any atom is -0.444 e. The van der Waals surface area contributed by atoms with Crippen molar-refractivity contribution in [2.24, 2.45) is 5.73 Å². The highest BCUT2D eigenvalue weighted by atomic mass is 16.6. The van der Waals surface area contributed by atoms with Crippen molar-refractivity contribution in [1.82, 2.24) is 10.2 Å². The lowest BCUT2D eigenvalue weighted by Crippen LogP contribution is -2.51. The smallest absolute Gasteiger partial charge is 0.407 e. The fraction of sp³-hybridized carbons (Fsp3) is 0.923. The van der Waals surface area contributed by atoms with Crippen molar-refractivity contribution in [2.45, 2.75) is 59.2 Å². The van der Waals surface area contributed by atoms with Crippen LogP contribution in [0.4, 0.5) is 4.79 Å². The molecule has 0 saturated carbocycles. The molecule has 1 amide bonds. The summed E-state index contributed by atoms with van der Waals surface area (Å²) in [6.45, 7) is 13.8. The summed E-state index contributed by atoms with van der Waals surface area (Å²) in [6, 6.07) is 0.548. The van der Waals surface area contributed by atoms with Crippen molar-refractivity contribution in [3.8, 4) is 0 Å². The lowest BCUT2D eigenvalue weighted by Gasteiger charge is -2.33. The number of alkyl carbamates (subject to hydrolysis) is 1. The molecule has 0 spiro atoms. The molecule has 18 heavy (non-hydrogen) atoms. The number of likely N-dealkylation sites (N-methyl/N-ethyl adjacent to an activating group) is 1. The van der Waals surface area contributed by atoms with Gasteiger partial charge in [0.05, 0.1) is 0 Å². The Bertz CT molecular complexity index is 249. The van der Waals surface area contributed by atoms with Crippen molar-refractivity contribution >= 4 is 6.09 Å². The van der Waals surface area contributed by atoms with E-state index in [9.17, 15) is 4.79 Å². The van der Waals surface area contributed by atoms with Gasteiger partial charge in [-0.15, -0.1) is 0 Å². The molecule has 1 atom stereocenters. The molecule has 0 radical (unpaired) electrons. The summed E-state index contributed by atoms with van der Waals surface area (Å²) in [5, 5.41) is 2.78. The highest BCUT2D eigenvalue weighted by Gasteiger charge is 2.21. The van der Waals surface area contributed by atoms with Crippen LogP contribution >= 0.6 is 0 Å². The summed E-state index contributed by atoms with van der Waals surface area (Å²) < 4.78 is 5.20. The number of carbonyl (C=O) groups is 1. The van der Waals surface area contributed by atoms with E-state index in [2.05, 4.69) is 31.0 Å². The van der Waals surface area contributed by atoms with Crippen molar-refractivity contribution in [3.63, 3.8) is 0 Å². The van der Waals surface area contributed by atoms with Crippen LogP contribution in [0.1, 0.15) is 41.5 Å². The zero-order valence-corrected chi connectivity index (χ0v) is 12.6. The Morgan fingerprint density at radius 3 is 2.28 bits per heavy atom. The van der Waals surface area contributed by atoms with E-state index in [4.69, 9.17) is 10.5 Å². The fourth-order valence-corrected chi connectivity index (χ4v) is 1.90. The van der Waals surface area contributed by atoms with Crippen LogP contribution in [0.15, 0.2) is 0 Å². The van der Waals surface area contributed by atoms with E-state index in [-0.39, 0.29) is 12.1 Å². The first kappa shape index (κ1) is 17.2. The molecule has 0 aromatic rings. The standard InChI is InChI=1S/C13H29N3O2/c1-7-16(10(2)3)11(8-14)9-15-12(17)18-13(4,5)6/h10-11H,7-9,14H2,1-6H3,(H,15,17). The summed E-state index contributed by atoms with van der Waals surface area (Å²) in [4.78, 5) is 13.8. The zero-order valence-electron chi connectivity index (χ0n) is 12.6. The number of nitrogens with one attached hydrogen (secondary N) is 1. The van der Waals surface area contributed by atoms with Crippen molar-refractivity contribution in [2.75, 3.05) is 19.6 Å². The van der Waals surface area contributed by atoms with Gasteiger partial charge < -0.3 is 15.8 Å². The normalized spacial score (nSPS) is 13.8. The molecule has 0 aliphatic rings. The second-order valence-electron chi connectivity index (χ2n) is 5.70. The molecule has 0 bridgehead atoms. The van der Waals surface area contributed by atoms with E-state index < -0.39 is 5.60 Å². The average molecular weight is 259 g/mol. The first-order valence-corrected chi connectivity index (χ1v) is 6.64. The minimum atomic E-state index is -0.467. The van der Waals surface area contributed by atoms with Gasteiger partial charge in [-0.2, -0.15) is 0 Å². The Kier molecular flexibility index (Phi) is 7.25. The topological polar surface area (TPSA) is 67.6 Å². The van der Waals surface area contributed by atoms with Gasteiger partial charge >= 0.3 is 6.09 Å². The second-order valence-corrected chi connectivity index (χ2v) is 5.70. The molecule has 0 heterocycles. The van der Waals surface area contributed by atoms with Crippen LogP contribution in [0.5, 0.6) is 0 Å². The fourth-order valence-electron chi connectivity index (χ4n) is 1.90. The minimum absolute atomic E-state index is 0.141. The third-order valence-electron chi connectivity index (χ3n) is 2.65. The summed E-state index contributed by atoms with van der Waals surface area (Å²) in [7, 11) is 0. The van der Waals surface area contributed by atoms with E-state index in [0.29, 0.717) is 19.1 Å². The van der Waals surface area contributed by atoms with E-state index >= 15 is 0 Å². The number of hydrogen-bond donors (Lipinski definition) is 2. The summed E-state index contributed by atoms with van der Waals surface area (Å²) in [5.41, 5.74) is 5.30. The molecule has 0 aromatic carbocycles. The number of ether oxygens (including phenoxy) is 1. The van der Waals surface area contributed by atoms with Crippen LogP contribution in [-0.4, -0.2) is 48.3 Å². The Morgan fingerprint density at radius 2 is 1.94 bits per heavy atom. The van der Waals surface area contributed by atoms with E-state index in [1.54, 1.807) is 0 Å². The van der Waals surface area contributed by atoms with E-state index in [1.165, 1.54) is 0 Å². The molecule has 0 aliphatic heterocycles. The molecule has 0 aromatic heterocycles. The van der Waals surface area contributed by atoms with Gasteiger partial charge in [-0.25, -0.2) is 4.79 Å². The number of amides is 1. The van der Waals surface area contributed by atoms with Crippen molar-refractivity contribution in [3.05, 3.63) is 0 Å². The highest BCUT2D eigenvalue weighted by Crippen LogP contribution is 2.07. The first-order valence-electron chi connectivity index (χ1n) is 6.64. The molecule has 0 rings (SSSR count). The molecule has 108 valence electrons. The molecular weight excluding hydrogens is 230 g/mol. The third kappa shape index (κ3) is 6.81. The van der Waals surface area contributed by atoms with Gasteiger partial charge in [0.2, 0.25) is 0 Å². The van der Waals surface area contributed by atoms with Gasteiger partial charge in [0, 0.05) is 25.2 Å². The maximum atomic E-state index is 11.6. The monoisotopic (exact) mass is 259 g/mol. The number of hydrogen-bond acceptors (Lipinski definition) is 4. The number of nitrogens with two attached hydrogens (primary N) is 1. The van der Waals surface area contributed by atoms with Crippen LogP contribution in [-0.2, 0) is 4.74 Å². The largest absolute Gasteiger partial charge is 0.444 e.